The number of rotatable bonds is 6. The minimum absolute atomic E-state index is 0.0231. The summed E-state index contributed by atoms with van der Waals surface area (Å²) in [4.78, 5) is 27.6. The van der Waals surface area contributed by atoms with Crippen LogP contribution in [0.5, 0.6) is 0 Å². The number of carbonyl (C=O) groups is 2. The molecule has 0 spiro atoms. The van der Waals surface area contributed by atoms with Crippen LogP contribution in [0.15, 0.2) is 0 Å². The molecule has 21 heavy (non-hydrogen) atoms. The highest BCUT2D eigenvalue weighted by molar-refractivity contribution is 7.98. The summed E-state index contributed by atoms with van der Waals surface area (Å²) in [5.74, 6) is 1.61. The summed E-state index contributed by atoms with van der Waals surface area (Å²) in [7, 11) is 0. The van der Waals surface area contributed by atoms with Crippen molar-refractivity contribution in [1.29, 1.82) is 0 Å². The molecule has 3 unspecified atom stereocenters. The van der Waals surface area contributed by atoms with Crippen LogP contribution in [0, 0.1) is 11.8 Å². The van der Waals surface area contributed by atoms with Gasteiger partial charge in [-0.1, -0.05) is 13.8 Å². The van der Waals surface area contributed by atoms with Crippen LogP contribution in [0.25, 0.3) is 0 Å². The molecular weight excluding hydrogens is 284 g/mol. The van der Waals surface area contributed by atoms with E-state index in [4.69, 9.17) is 0 Å². The Morgan fingerprint density at radius 2 is 1.95 bits per heavy atom. The molecule has 2 aliphatic rings. The van der Waals surface area contributed by atoms with Crippen LogP contribution in [0.4, 0.5) is 0 Å². The van der Waals surface area contributed by atoms with E-state index < -0.39 is 5.54 Å². The molecule has 0 aromatic carbocycles. The first kappa shape index (κ1) is 16.7. The lowest BCUT2D eigenvalue weighted by Crippen LogP contribution is -2.72. The van der Waals surface area contributed by atoms with Crippen molar-refractivity contribution >= 4 is 23.6 Å². The maximum atomic E-state index is 13.1. The number of thioether (sulfide) groups is 1. The maximum Gasteiger partial charge on any atom is 0.249 e. The van der Waals surface area contributed by atoms with E-state index >= 15 is 0 Å². The molecule has 1 saturated heterocycles. The third-order valence-electron chi connectivity index (χ3n) is 4.87. The summed E-state index contributed by atoms with van der Waals surface area (Å²) in [6.45, 7) is 8.03. The van der Waals surface area contributed by atoms with Gasteiger partial charge in [-0.25, -0.2) is 0 Å². The van der Waals surface area contributed by atoms with Crippen molar-refractivity contribution in [2.24, 2.45) is 11.8 Å². The van der Waals surface area contributed by atoms with Gasteiger partial charge in [-0.3, -0.25) is 9.59 Å². The van der Waals surface area contributed by atoms with Crippen molar-refractivity contribution in [3.8, 4) is 0 Å². The predicted molar refractivity (Wildman–Crippen MR) is 87.2 cm³/mol. The van der Waals surface area contributed by atoms with Crippen LogP contribution in [-0.4, -0.2) is 46.3 Å². The molecule has 0 aromatic rings. The molecule has 1 saturated carbocycles. The SMILES string of the molecule is CSCCC(C)N1C(=O)C(C)(C2CC2)NC(=O)C1C(C)C. The van der Waals surface area contributed by atoms with E-state index in [0.29, 0.717) is 5.92 Å². The van der Waals surface area contributed by atoms with E-state index in [9.17, 15) is 9.59 Å². The van der Waals surface area contributed by atoms with E-state index in [1.54, 1.807) is 11.8 Å². The topological polar surface area (TPSA) is 49.4 Å². The Balaban J connectivity index is 2.28. The Bertz CT molecular complexity index is 423. The number of piperazine rings is 1. The van der Waals surface area contributed by atoms with Gasteiger partial charge >= 0.3 is 0 Å². The quantitative estimate of drug-likeness (QED) is 0.818. The molecule has 1 heterocycles. The molecule has 0 aromatic heterocycles. The van der Waals surface area contributed by atoms with Crippen molar-refractivity contribution < 1.29 is 9.59 Å². The number of hydrogen-bond acceptors (Lipinski definition) is 3. The van der Waals surface area contributed by atoms with Crippen molar-refractivity contribution in [3.63, 3.8) is 0 Å². The summed E-state index contributed by atoms with van der Waals surface area (Å²) in [5.41, 5.74) is -0.684. The van der Waals surface area contributed by atoms with Crippen LogP contribution < -0.4 is 5.32 Å². The third-order valence-corrected chi connectivity index (χ3v) is 5.51. The Hall–Kier alpha value is -0.710. The monoisotopic (exact) mass is 312 g/mol. The molecule has 2 fully saturated rings. The molecule has 4 nitrogen and oxygen atoms in total. The fraction of sp³-hybridized carbons (Fsp3) is 0.875. The smallest absolute Gasteiger partial charge is 0.249 e. The number of carbonyl (C=O) groups excluding carboxylic acids is 2. The number of nitrogens with one attached hydrogen (secondary N) is 1. The highest BCUT2D eigenvalue weighted by Gasteiger charge is 2.56. The van der Waals surface area contributed by atoms with E-state index in [0.717, 1.165) is 25.0 Å². The molecule has 3 atom stereocenters. The lowest BCUT2D eigenvalue weighted by molar-refractivity contribution is -0.160. The fourth-order valence-corrected chi connectivity index (χ4v) is 3.94. The zero-order valence-electron chi connectivity index (χ0n) is 13.8. The molecular formula is C16H28N2O2S. The first-order valence-electron chi connectivity index (χ1n) is 7.96. The molecule has 2 rings (SSSR count). The number of nitrogens with zero attached hydrogens (tertiary/aromatic N) is 1. The Morgan fingerprint density at radius 1 is 1.33 bits per heavy atom. The third kappa shape index (κ3) is 3.08. The summed E-state index contributed by atoms with van der Waals surface area (Å²) in [6, 6.07) is -0.220. The van der Waals surface area contributed by atoms with Crippen molar-refractivity contribution in [3.05, 3.63) is 0 Å². The summed E-state index contributed by atoms with van der Waals surface area (Å²) in [6.07, 6.45) is 5.10. The Labute approximate surface area is 132 Å². The second-order valence-corrected chi connectivity index (χ2v) is 7.98. The zero-order valence-corrected chi connectivity index (χ0v) is 14.6. The normalized spacial score (nSPS) is 31.5. The molecule has 0 radical (unpaired) electrons. The van der Waals surface area contributed by atoms with Gasteiger partial charge in [0.25, 0.3) is 0 Å². The van der Waals surface area contributed by atoms with Crippen molar-refractivity contribution in [2.75, 3.05) is 12.0 Å². The van der Waals surface area contributed by atoms with Gasteiger partial charge in [0.15, 0.2) is 0 Å². The predicted octanol–water partition coefficient (Wildman–Crippen LogP) is 2.28. The fourth-order valence-electron chi connectivity index (χ4n) is 3.37. The average Bonchev–Trinajstić information content (AvgIpc) is 3.23. The highest BCUT2D eigenvalue weighted by atomic mass is 32.2. The van der Waals surface area contributed by atoms with E-state index in [-0.39, 0.29) is 29.8 Å². The lowest BCUT2D eigenvalue weighted by Gasteiger charge is -2.48. The van der Waals surface area contributed by atoms with Crippen LogP contribution in [0.1, 0.15) is 47.0 Å². The second kappa shape index (κ2) is 6.19. The number of amides is 2. The molecule has 5 heteroatoms. The van der Waals surface area contributed by atoms with Gasteiger partial charge in [-0.05, 0) is 57.0 Å². The zero-order chi connectivity index (χ0) is 15.8. The summed E-state index contributed by atoms with van der Waals surface area (Å²) < 4.78 is 0. The molecule has 0 bridgehead atoms. The first-order valence-corrected chi connectivity index (χ1v) is 9.36. The maximum absolute atomic E-state index is 13.1. The Kier molecular flexibility index (Phi) is 4.91. The minimum atomic E-state index is -0.684. The van der Waals surface area contributed by atoms with Crippen LogP contribution in [0.2, 0.25) is 0 Å². The molecule has 1 aliphatic heterocycles. The first-order chi connectivity index (χ1) is 9.82. The highest BCUT2D eigenvalue weighted by Crippen LogP contribution is 2.43. The van der Waals surface area contributed by atoms with Crippen molar-refractivity contribution in [2.45, 2.75) is 64.6 Å². The van der Waals surface area contributed by atoms with Crippen LogP contribution in [-0.2, 0) is 9.59 Å². The van der Waals surface area contributed by atoms with E-state index in [1.165, 1.54) is 0 Å². The van der Waals surface area contributed by atoms with Crippen LogP contribution >= 0.6 is 11.8 Å². The minimum Gasteiger partial charge on any atom is -0.340 e. The standard InChI is InChI=1S/C16H28N2O2S/c1-10(2)13-14(19)17-16(4,12-6-7-12)15(20)18(13)11(3)8-9-21-5/h10-13H,6-9H2,1-5H3,(H,17,19). The van der Waals surface area contributed by atoms with Gasteiger partial charge in [0.2, 0.25) is 11.8 Å². The van der Waals surface area contributed by atoms with E-state index in [2.05, 4.69) is 18.5 Å². The molecule has 120 valence electrons. The van der Waals surface area contributed by atoms with Gasteiger partial charge in [-0.15, -0.1) is 0 Å². The van der Waals surface area contributed by atoms with Crippen LogP contribution in [0.3, 0.4) is 0 Å². The van der Waals surface area contributed by atoms with Gasteiger partial charge < -0.3 is 10.2 Å². The average molecular weight is 312 g/mol. The van der Waals surface area contributed by atoms with Gasteiger partial charge in [0.05, 0.1) is 0 Å². The van der Waals surface area contributed by atoms with Crippen molar-refractivity contribution in [1.82, 2.24) is 10.2 Å². The Morgan fingerprint density at radius 3 is 2.43 bits per heavy atom. The van der Waals surface area contributed by atoms with E-state index in [1.807, 2.05) is 25.7 Å². The molecule has 1 aliphatic carbocycles. The number of hydrogen-bond donors (Lipinski definition) is 1. The van der Waals surface area contributed by atoms with Gasteiger partial charge in [0, 0.05) is 6.04 Å². The summed E-state index contributed by atoms with van der Waals surface area (Å²) in [5, 5.41) is 3.04. The second-order valence-electron chi connectivity index (χ2n) is 7.00. The van der Waals surface area contributed by atoms with Gasteiger partial charge in [0.1, 0.15) is 11.6 Å². The lowest BCUT2D eigenvalue weighted by atomic mass is 9.85. The molecule has 1 N–H and O–H groups in total. The summed E-state index contributed by atoms with van der Waals surface area (Å²) >= 11 is 1.79. The van der Waals surface area contributed by atoms with Gasteiger partial charge in [-0.2, -0.15) is 11.8 Å². The largest absolute Gasteiger partial charge is 0.340 e. The molecule has 2 amide bonds.